The average molecular weight is 818 g/mol. The number of β-amino-alcohol motifs (C(OH)–C–C–N with tert-alkyl or cyclic N) is 1. The first kappa shape index (κ1) is 39.4. The van der Waals surface area contributed by atoms with E-state index in [0.29, 0.717) is 97.8 Å². The predicted octanol–water partition coefficient (Wildman–Crippen LogP) is 6.43. The molecule has 2 fully saturated rings. The molecule has 2 aromatic carbocycles. The Morgan fingerprint density at radius 3 is 2.52 bits per heavy atom. The minimum absolute atomic E-state index is 0.00104. The van der Waals surface area contributed by atoms with Gasteiger partial charge in [-0.1, -0.05) is 41.9 Å². The van der Waals surface area contributed by atoms with Crippen LogP contribution < -0.4 is 15.0 Å². The first-order valence-electron chi connectivity index (χ1n) is 18.9. The number of hydrogen-bond acceptors (Lipinski definition) is 11. The number of pyridine rings is 1. The normalized spacial score (nSPS) is 19.8. The van der Waals surface area contributed by atoms with Gasteiger partial charge in [-0.2, -0.15) is 23.4 Å². The number of rotatable bonds is 11. The van der Waals surface area contributed by atoms with Gasteiger partial charge in [0.1, 0.15) is 34.7 Å². The smallest absolute Gasteiger partial charge is 0.438 e. The number of carbonyl (C=O) groups is 1. The Kier molecular flexibility index (Phi) is 10.7. The largest absolute Gasteiger partial charge is 0.481 e. The lowest BCUT2D eigenvalue weighted by Gasteiger charge is -2.21. The molecule has 0 unspecified atom stereocenters. The second-order valence-electron chi connectivity index (χ2n) is 14.9. The van der Waals surface area contributed by atoms with E-state index < -0.39 is 41.8 Å². The Hall–Kier alpha value is -5.47. The van der Waals surface area contributed by atoms with Crippen LogP contribution in [0.4, 0.5) is 13.2 Å². The fourth-order valence-corrected chi connectivity index (χ4v) is 8.59. The van der Waals surface area contributed by atoms with Crippen molar-refractivity contribution in [3.63, 3.8) is 0 Å². The topological polar surface area (TPSA) is 174 Å². The molecule has 5 heterocycles. The zero-order chi connectivity index (χ0) is 40.9. The molecule has 0 amide bonds. The molecule has 17 heteroatoms. The van der Waals surface area contributed by atoms with E-state index in [1.54, 1.807) is 46.0 Å². The Morgan fingerprint density at radius 2 is 1.81 bits per heavy atom. The highest BCUT2D eigenvalue weighted by atomic mass is 35.5. The molecule has 5 aromatic rings. The SMILES string of the molecule is COc1nc(O[C@H]2CCc3c(-c4cccc(-c5cc6c(=N)n(CCN7CC[C@@H](C(=O)O)C7)cc(C#N)c6o5)c4Cl)cccc32)c(C(F)(F)F)nc1CN1CC[C@@H](O)C1. The van der Waals surface area contributed by atoms with Crippen LogP contribution in [0.5, 0.6) is 11.8 Å². The number of aromatic nitrogens is 3. The third-order valence-corrected chi connectivity index (χ3v) is 11.6. The van der Waals surface area contributed by atoms with Crippen LogP contribution in [0.2, 0.25) is 5.02 Å². The van der Waals surface area contributed by atoms with Crippen molar-refractivity contribution < 1.29 is 42.1 Å². The molecule has 3 atom stereocenters. The molecule has 0 saturated carbocycles. The molecule has 0 spiro atoms. The van der Waals surface area contributed by atoms with E-state index in [0.717, 1.165) is 11.1 Å². The molecule has 0 bridgehead atoms. The average Bonchev–Trinajstić information content (AvgIpc) is 4.02. The number of hydrogen-bond donors (Lipinski definition) is 3. The molecular weight excluding hydrogens is 779 g/mol. The van der Waals surface area contributed by atoms with Crippen LogP contribution in [0, 0.1) is 22.7 Å². The molecule has 13 nitrogen and oxygen atoms in total. The second-order valence-corrected chi connectivity index (χ2v) is 15.2. The van der Waals surface area contributed by atoms with Gasteiger partial charge in [-0.3, -0.25) is 15.1 Å². The van der Waals surface area contributed by atoms with E-state index in [4.69, 9.17) is 30.9 Å². The third kappa shape index (κ3) is 7.50. The summed E-state index contributed by atoms with van der Waals surface area (Å²) in [5.74, 6) is -1.66. The monoisotopic (exact) mass is 817 g/mol. The van der Waals surface area contributed by atoms with Gasteiger partial charge >= 0.3 is 12.1 Å². The van der Waals surface area contributed by atoms with Gasteiger partial charge in [-0.15, -0.1) is 0 Å². The van der Waals surface area contributed by atoms with E-state index >= 15 is 0 Å². The molecule has 58 heavy (non-hydrogen) atoms. The zero-order valence-electron chi connectivity index (χ0n) is 31.4. The molecule has 3 aromatic heterocycles. The Labute approximate surface area is 335 Å². The van der Waals surface area contributed by atoms with Crippen molar-refractivity contribution in [2.45, 2.75) is 57.2 Å². The third-order valence-electron chi connectivity index (χ3n) is 11.2. The van der Waals surface area contributed by atoms with E-state index in [2.05, 4.69) is 16.0 Å². The molecule has 2 saturated heterocycles. The molecule has 0 radical (unpaired) electrons. The Balaban J connectivity index is 1.08. The number of nitriles is 1. The summed E-state index contributed by atoms with van der Waals surface area (Å²) in [4.78, 5) is 23.4. The van der Waals surface area contributed by atoms with Crippen LogP contribution in [-0.2, 0) is 30.5 Å². The van der Waals surface area contributed by atoms with Gasteiger partial charge < -0.3 is 33.6 Å². The number of aliphatic hydroxyl groups is 1. The Morgan fingerprint density at radius 1 is 1.05 bits per heavy atom. The van der Waals surface area contributed by atoms with Crippen molar-refractivity contribution in [3.8, 4) is 40.3 Å². The van der Waals surface area contributed by atoms with Gasteiger partial charge in [0.05, 0.1) is 29.5 Å². The number of methoxy groups -OCH3 is 1. The van der Waals surface area contributed by atoms with Crippen molar-refractivity contribution in [1.82, 2.24) is 24.3 Å². The standard InChI is InChI=1S/C41H39ClF3N7O6/c1-56-38-31(21-51-13-11-24(53)20-51)48-36(41(43,44)45)39(49-38)58-32-9-8-26-25(4-2-5-27(26)32)28-6-3-7-29(34(28)42)33-16-30-35(57-33)23(17-46)19-52(37(30)47)15-14-50-12-10-22(18-50)40(54)55/h2-7,16,19,22,24,32,47,53H,8-15,18,20-21H2,1H3,(H,54,55)/t22-,24-,32+/m1/s1. The molecule has 8 rings (SSSR count). The number of fused-ring (bicyclic) bond motifs is 2. The van der Waals surface area contributed by atoms with Gasteiger partial charge in [0.25, 0.3) is 0 Å². The quantitative estimate of drug-likeness (QED) is 0.134. The van der Waals surface area contributed by atoms with Gasteiger partial charge in [0, 0.05) is 56.6 Å². The number of aliphatic carboxylic acids is 1. The van der Waals surface area contributed by atoms with Gasteiger partial charge in [0.2, 0.25) is 17.5 Å². The van der Waals surface area contributed by atoms with Crippen LogP contribution in [0.3, 0.4) is 0 Å². The summed E-state index contributed by atoms with van der Waals surface area (Å²) < 4.78 is 62.6. The predicted molar refractivity (Wildman–Crippen MR) is 204 cm³/mol. The maximum Gasteiger partial charge on any atom is 0.438 e. The molecule has 3 N–H and O–H groups in total. The lowest BCUT2D eigenvalue weighted by molar-refractivity contribution is -0.144. The highest BCUT2D eigenvalue weighted by Crippen LogP contribution is 2.46. The highest BCUT2D eigenvalue weighted by Gasteiger charge is 2.41. The van der Waals surface area contributed by atoms with Crippen LogP contribution in [-0.4, -0.2) is 86.5 Å². The maximum atomic E-state index is 14.5. The van der Waals surface area contributed by atoms with E-state index in [1.165, 1.54) is 7.11 Å². The van der Waals surface area contributed by atoms with Crippen molar-refractivity contribution in [2.75, 3.05) is 39.8 Å². The number of likely N-dealkylation sites (tertiary alicyclic amines) is 2. The van der Waals surface area contributed by atoms with E-state index in [9.17, 15) is 33.4 Å². The minimum Gasteiger partial charge on any atom is -0.481 e. The number of aliphatic hydroxyl groups excluding tert-OH is 1. The summed E-state index contributed by atoms with van der Waals surface area (Å²) in [5.41, 5.74) is 2.82. The minimum atomic E-state index is -4.86. The summed E-state index contributed by atoms with van der Waals surface area (Å²) in [7, 11) is 1.31. The van der Waals surface area contributed by atoms with Gasteiger partial charge in [-0.25, -0.2) is 4.98 Å². The summed E-state index contributed by atoms with van der Waals surface area (Å²) in [6.07, 6.45) is -2.71. The molecule has 1 aliphatic carbocycles. The van der Waals surface area contributed by atoms with Gasteiger partial charge in [-0.05, 0) is 61.1 Å². The number of ether oxygens (including phenoxy) is 2. The number of nitrogens with one attached hydrogen (secondary N) is 1. The fourth-order valence-electron chi connectivity index (χ4n) is 8.27. The van der Waals surface area contributed by atoms with Gasteiger partial charge in [0.15, 0.2) is 5.58 Å². The van der Waals surface area contributed by atoms with Crippen LogP contribution in [0.25, 0.3) is 33.4 Å². The van der Waals surface area contributed by atoms with Crippen molar-refractivity contribution >= 4 is 28.5 Å². The number of furan rings is 1. The number of carboxylic acid groups (broad SMARTS) is 1. The van der Waals surface area contributed by atoms with Crippen molar-refractivity contribution in [2.24, 2.45) is 5.92 Å². The van der Waals surface area contributed by atoms with Crippen LogP contribution in [0.15, 0.2) is 53.1 Å². The first-order chi connectivity index (χ1) is 27.8. The molecule has 302 valence electrons. The summed E-state index contributed by atoms with van der Waals surface area (Å²) in [5, 5.41) is 39.0. The van der Waals surface area contributed by atoms with E-state index in [1.807, 2.05) is 17.0 Å². The molecular formula is C41H39ClF3N7O6. The number of nitrogens with zero attached hydrogens (tertiary/aromatic N) is 6. The highest BCUT2D eigenvalue weighted by molar-refractivity contribution is 6.36. The zero-order valence-corrected chi connectivity index (χ0v) is 32.1. The maximum absolute atomic E-state index is 14.5. The fraction of sp³-hybridized carbons (Fsp3) is 0.390. The lowest BCUT2D eigenvalue weighted by atomic mass is 9.95. The second kappa shape index (κ2) is 15.7. The molecule has 2 aliphatic heterocycles. The van der Waals surface area contributed by atoms with E-state index in [-0.39, 0.29) is 34.8 Å². The summed E-state index contributed by atoms with van der Waals surface area (Å²) in [6, 6.07) is 14.8. The first-order valence-corrected chi connectivity index (χ1v) is 19.3. The van der Waals surface area contributed by atoms with Crippen molar-refractivity contribution in [1.29, 1.82) is 10.7 Å². The molecule has 3 aliphatic rings. The lowest BCUT2D eigenvalue weighted by Crippen LogP contribution is -2.30. The number of alkyl halides is 3. The Bertz CT molecular complexity index is 2520. The summed E-state index contributed by atoms with van der Waals surface area (Å²) in [6.45, 7) is 2.82. The summed E-state index contributed by atoms with van der Waals surface area (Å²) >= 11 is 7.13. The van der Waals surface area contributed by atoms with Crippen molar-refractivity contribution in [3.05, 3.63) is 87.2 Å². The number of benzene rings is 2. The number of carboxylic acids is 1. The number of halogens is 4. The van der Waals surface area contributed by atoms with Crippen LogP contribution in [0.1, 0.15) is 53.4 Å². The van der Waals surface area contributed by atoms with Crippen LogP contribution >= 0.6 is 11.6 Å².